The minimum Gasteiger partial charge on any atom is -0.347 e. The molecule has 1 N–H and O–H groups in total. The number of nitrogens with one attached hydrogen (secondary N) is 1. The average Bonchev–Trinajstić information content (AvgIpc) is 2.81. The second-order valence-electron chi connectivity index (χ2n) is 7.22. The Morgan fingerprint density at radius 3 is 2.38 bits per heavy atom. The van der Waals surface area contributed by atoms with Crippen molar-refractivity contribution in [2.24, 2.45) is 0 Å². The fraction of sp³-hybridized carbons (Fsp3) is 0.474. The summed E-state index contributed by atoms with van der Waals surface area (Å²) in [7, 11) is 0. The molecular formula is C19H26N4O3. The van der Waals surface area contributed by atoms with Crippen molar-refractivity contribution in [3.8, 4) is 0 Å². The second-order valence-corrected chi connectivity index (χ2v) is 7.22. The minimum atomic E-state index is -0.403. The number of rotatable bonds is 7. The van der Waals surface area contributed by atoms with E-state index in [1.165, 1.54) is 0 Å². The summed E-state index contributed by atoms with van der Waals surface area (Å²) in [5.41, 5.74) is 2.26. The van der Waals surface area contributed by atoms with Crippen molar-refractivity contribution in [3.63, 3.8) is 0 Å². The highest BCUT2D eigenvalue weighted by Crippen LogP contribution is 2.22. The summed E-state index contributed by atoms with van der Waals surface area (Å²) >= 11 is 0. The third-order valence-electron chi connectivity index (χ3n) is 4.40. The van der Waals surface area contributed by atoms with Crippen LogP contribution in [0.1, 0.15) is 60.9 Å². The molecule has 0 unspecified atom stereocenters. The van der Waals surface area contributed by atoms with Crippen LogP contribution in [-0.4, -0.2) is 26.1 Å². The second kappa shape index (κ2) is 7.68. The highest BCUT2D eigenvalue weighted by atomic mass is 16.6. The number of nitro groups is 1. The zero-order valence-corrected chi connectivity index (χ0v) is 16.0. The van der Waals surface area contributed by atoms with Gasteiger partial charge in [-0.05, 0) is 51.8 Å². The SMILES string of the molecule is CCCC(C)(C)NC(=O)c1ccc(Cn2nc(C)c([N+](=O)[O-])c2C)cc1. The van der Waals surface area contributed by atoms with E-state index in [-0.39, 0.29) is 17.1 Å². The minimum absolute atomic E-state index is 0.0548. The number of aromatic nitrogens is 2. The Balaban J connectivity index is 2.12. The van der Waals surface area contributed by atoms with Crippen LogP contribution in [0.25, 0.3) is 0 Å². The predicted octanol–water partition coefficient (Wildman–Crippen LogP) is 3.76. The van der Waals surface area contributed by atoms with E-state index in [0.717, 1.165) is 18.4 Å². The Hall–Kier alpha value is -2.70. The van der Waals surface area contributed by atoms with E-state index < -0.39 is 4.92 Å². The van der Waals surface area contributed by atoms with E-state index in [9.17, 15) is 14.9 Å². The Kier molecular flexibility index (Phi) is 5.79. The van der Waals surface area contributed by atoms with Gasteiger partial charge in [0.15, 0.2) is 0 Å². The first kappa shape index (κ1) is 19.6. The molecule has 0 aliphatic heterocycles. The van der Waals surface area contributed by atoms with E-state index in [1.54, 1.807) is 30.7 Å². The fourth-order valence-corrected chi connectivity index (χ4v) is 3.11. The third-order valence-corrected chi connectivity index (χ3v) is 4.40. The lowest BCUT2D eigenvalue weighted by Crippen LogP contribution is -2.43. The van der Waals surface area contributed by atoms with Gasteiger partial charge in [-0.3, -0.25) is 19.6 Å². The molecular weight excluding hydrogens is 332 g/mol. The van der Waals surface area contributed by atoms with Crippen molar-refractivity contribution in [3.05, 3.63) is 56.9 Å². The van der Waals surface area contributed by atoms with Gasteiger partial charge in [-0.1, -0.05) is 25.5 Å². The van der Waals surface area contributed by atoms with Crippen molar-refractivity contribution in [2.75, 3.05) is 0 Å². The van der Waals surface area contributed by atoms with E-state index in [4.69, 9.17) is 0 Å². The van der Waals surface area contributed by atoms with Gasteiger partial charge in [0.1, 0.15) is 11.4 Å². The maximum atomic E-state index is 12.4. The van der Waals surface area contributed by atoms with Crippen LogP contribution in [0.15, 0.2) is 24.3 Å². The standard InChI is InChI=1S/C19H26N4O3/c1-6-11-19(4,5)20-18(24)16-9-7-15(8-10-16)12-22-14(3)17(23(25)26)13(2)21-22/h7-10H,6,11-12H2,1-5H3,(H,20,24). The summed E-state index contributed by atoms with van der Waals surface area (Å²) in [6.07, 6.45) is 1.91. The molecule has 0 spiro atoms. The molecule has 0 bridgehead atoms. The molecule has 140 valence electrons. The number of nitrogens with zero attached hydrogens (tertiary/aromatic N) is 3. The van der Waals surface area contributed by atoms with Gasteiger partial charge in [-0.15, -0.1) is 0 Å². The fourth-order valence-electron chi connectivity index (χ4n) is 3.11. The Bertz CT molecular complexity index is 807. The predicted molar refractivity (Wildman–Crippen MR) is 100 cm³/mol. The monoisotopic (exact) mass is 358 g/mol. The summed E-state index contributed by atoms with van der Waals surface area (Å²) < 4.78 is 1.62. The first-order valence-corrected chi connectivity index (χ1v) is 8.74. The maximum absolute atomic E-state index is 12.4. The summed E-state index contributed by atoms with van der Waals surface area (Å²) in [6, 6.07) is 7.24. The molecule has 1 aromatic heterocycles. The Morgan fingerprint density at radius 1 is 1.27 bits per heavy atom. The van der Waals surface area contributed by atoms with Crippen LogP contribution in [0.2, 0.25) is 0 Å². The molecule has 26 heavy (non-hydrogen) atoms. The lowest BCUT2D eigenvalue weighted by molar-refractivity contribution is -0.386. The van der Waals surface area contributed by atoms with Gasteiger partial charge < -0.3 is 5.32 Å². The molecule has 1 heterocycles. The zero-order chi connectivity index (χ0) is 19.5. The topological polar surface area (TPSA) is 90.1 Å². The molecule has 0 aliphatic carbocycles. The lowest BCUT2D eigenvalue weighted by atomic mass is 9.98. The van der Waals surface area contributed by atoms with E-state index in [0.29, 0.717) is 23.5 Å². The molecule has 0 saturated carbocycles. The highest BCUT2D eigenvalue weighted by Gasteiger charge is 2.22. The van der Waals surface area contributed by atoms with Crippen LogP contribution in [-0.2, 0) is 6.54 Å². The average molecular weight is 358 g/mol. The van der Waals surface area contributed by atoms with Crippen molar-refractivity contribution in [1.29, 1.82) is 0 Å². The smallest absolute Gasteiger partial charge is 0.312 e. The summed E-state index contributed by atoms with van der Waals surface area (Å²) in [5.74, 6) is -0.100. The van der Waals surface area contributed by atoms with Crippen LogP contribution >= 0.6 is 0 Å². The first-order valence-electron chi connectivity index (χ1n) is 8.74. The molecule has 0 saturated heterocycles. The quantitative estimate of drug-likeness (QED) is 0.602. The van der Waals surface area contributed by atoms with Crippen LogP contribution in [0.5, 0.6) is 0 Å². The van der Waals surface area contributed by atoms with Gasteiger partial charge in [0.25, 0.3) is 5.91 Å². The van der Waals surface area contributed by atoms with Gasteiger partial charge in [0.05, 0.1) is 11.5 Å². The maximum Gasteiger partial charge on any atom is 0.312 e. The molecule has 0 aliphatic rings. The number of hydrogen-bond acceptors (Lipinski definition) is 4. The molecule has 7 heteroatoms. The van der Waals surface area contributed by atoms with E-state index in [2.05, 4.69) is 17.3 Å². The van der Waals surface area contributed by atoms with Gasteiger partial charge in [0, 0.05) is 11.1 Å². The lowest BCUT2D eigenvalue weighted by Gasteiger charge is -2.25. The van der Waals surface area contributed by atoms with Crippen molar-refractivity contribution >= 4 is 11.6 Å². The van der Waals surface area contributed by atoms with Gasteiger partial charge in [-0.2, -0.15) is 5.10 Å². The van der Waals surface area contributed by atoms with Crippen molar-refractivity contribution in [2.45, 2.75) is 59.5 Å². The van der Waals surface area contributed by atoms with E-state index in [1.807, 2.05) is 26.0 Å². The normalized spacial score (nSPS) is 11.4. The third kappa shape index (κ3) is 4.47. The summed E-state index contributed by atoms with van der Waals surface area (Å²) in [5, 5.41) is 18.4. The largest absolute Gasteiger partial charge is 0.347 e. The zero-order valence-electron chi connectivity index (χ0n) is 16.0. The molecule has 2 aromatic rings. The van der Waals surface area contributed by atoms with Crippen LogP contribution in [0.4, 0.5) is 5.69 Å². The molecule has 0 atom stereocenters. The molecule has 1 amide bonds. The molecule has 1 aromatic carbocycles. The van der Waals surface area contributed by atoms with Crippen LogP contribution in [0, 0.1) is 24.0 Å². The Morgan fingerprint density at radius 2 is 1.88 bits per heavy atom. The number of benzene rings is 1. The molecule has 7 nitrogen and oxygen atoms in total. The molecule has 0 fully saturated rings. The molecule has 0 radical (unpaired) electrons. The van der Waals surface area contributed by atoms with Gasteiger partial charge >= 0.3 is 5.69 Å². The first-order chi connectivity index (χ1) is 12.1. The van der Waals surface area contributed by atoms with Crippen molar-refractivity contribution < 1.29 is 9.72 Å². The van der Waals surface area contributed by atoms with Gasteiger partial charge in [-0.25, -0.2) is 0 Å². The van der Waals surface area contributed by atoms with Crippen LogP contribution in [0.3, 0.4) is 0 Å². The van der Waals surface area contributed by atoms with Crippen LogP contribution < -0.4 is 5.32 Å². The van der Waals surface area contributed by atoms with E-state index >= 15 is 0 Å². The summed E-state index contributed by atoms with van der Waals surface area (Å²) in [6.45, 7) is 9.86. The number of hydrogen-bond donors (Lipinski definition) is 1. The number of aryl methyl sites for hydroxylation is 1. The number of carbonyl (C=O) groups excluding carboxylic acids is 1. The number of amides is 1. The van der Waals surface area contributed by atoms with Crippen molar-refractivity contribution in [1.82, 2.24) is 15.1 Å². The summed E-state index contributed by atoms with van der Waals surface area (Å²) in [4.78, 5) is 23.1. The van der Waals surface area contributed by atoms with Gasteiger partial charge in [0.2, 0.25) is 0 Å². The number of carbonyl (C=O) groups is 1. The Labute approximate surface area is 153 Å². The highest BCUT2D eigenvalue weighted by molar-refractivity contribution is 5.94. The molecule has 2 rings (SSSR count).